The number of oxazole rings is 1. The van der Waals surface area contributed by atoms with Gasteiger partial charge in [-0.3, -0.25) is 4.98 Å². The van der Waals surface area contributed by atoms with Crippen molar-refractivity contribution in [2.75, 3.05) is 20.2 Å². The molecule has 8 heteroatoms. The zero-order valence-corrected chi connectivity index (χ0v) is 17.0. The molecule has 0 amide bonds. The van der Waals surface area contributed by atoms with E-state index >= 15 is 0 Å². The fourth-order valence-electron chi connectivity index (χ4n) is 3.64. The van der Waals surface area contributed by atoms with Gasteiger partial charge in [0.1, 0.15) is 16.4 Å². The van der Waals surface area contributed by atoms with Gasteiger partial charge < -0.3 is 9.15 Å². The van der Waals surface area contributed by atoms with E-state index in [1.54, 1.807) is 31.6 Å². The molecule has 3 heterocycles. The van der Waals surface area contributed by atoms with E-state index in [0.29, 0.717) is 25.4 Å². The molecule has 1 atom stereocenters. The first-order valence-corrected chi connectivity index (χ1v) is 11.0. The van der Waals surface area contributed by atoms with E-state index in [1.807, 2.05) is 24.3 Å². The van der Waals surface area contributed by atoms with E-state index in [9.17, 15) is 8.42 Å². The lowest BCUT2D eigenvalue weighted by molar-refractivity contribution is 0.281. The van der Waals surface area contributed by atoms with Crippen molar-refractivity contribution >= 4 is 10.0 Å². The minimum absolute atomic E-state index is 0.0679. The van der Waals surface area contributed by atoms with Gasteiger partial charge in [-0.2, -0.15) is 4.31 Å². The van der Waals surface area contributed by atoms with Gasteiger partial charge in [0, 0.05) is 43.4 Å². The van der Waals surface area contributed by atoms with Crippen molar-refractivity contribution < 1.29 is 17.6 Å². The van der Waals surface area contributed by atoms with Crippen molar-refractivity contribution in [2.24, 2.45) is 0 Å². The molecule has 4 rings (SSSR count). The third-order valence-corrected chi connectivity index (χ3v) is 6.98. The van der Waals surface area contributed by atoms with Crippen molar-refractivity contribution in [3.8, 4) is 5.75 Å². The molecule has 0 bridgehead atoms. The second-order valence-corrected chi connectivity index (χ2v) is 8.98. The first-order valence-electron chi connectivity index (χ1n) is 9.54. The largest absolute Gasteiger partial charge is 0.496 e. The van der Waals surface area contributed by atoms with Gasteiger partial charge in [-0.25, -0.2) is 13.4 Å². The van der Waals surface area contributed by atoms with E-state index in [1.165, 1.54) is 10.5 Å². The predicted molar refractivity (Wildman–Crippen MR) is 107 cm³/mol. The van der Waals surface area contributed by atoms with Crippen molar-refractivity contribution in [1.82, 2.24) is 14.3 Å². The third kappa shape index (κ3) is 4.18. The van der Waals surface area contributed by atoms with Crippen LogP contribution in [0.2, 0.25) is 0 Å². The second-order valence-electron chi connectivity index (χ2n) is 7.04. The number of rotatable bonds is 6. The SMILES string of the molecule is COc1ccccc1Cc1cnc([C@@H]2CCCN(S(=O)(=O)c3cccnc3)C2)o1. The minimum Gasteiger partial charge on any atom is -0.496 e. The molecule has 1 fully saturated rings. The minimum atomic E-state index is -3.57. The third-order valence-electron chi connectivity index (χ3n) is 5.13. The summed E-state index contributed by atoms with van der Waals surface area (Å²) in [5.41, 5.74) is 1.02. The van der Waals surface area contributed by atoms with E-state index in [0.717, 1.165) is 29.9 Å². The van der Waals surface area contributed by atoms with Gasteiger partial charge in [-0.15, -0.1) is 0 Å². The van der Waals surface area contributed by atoms with E-state index < -0.39 is 10.0 Å². The summed E-state index contributed by atoms with van der Waals surface area (Å²) < 4.78 is 38.7. The lowest BCUT2D eigenvalue weighted by Gasteiger charge is -2.30. The number of nitrogens with zero attached hydrogens (tertiary/aromatic N) is 3. The highest BCUT2D eigenvalue weighted by atomic mass is 32.2. The summed E-state index contributed by atoms with van der Waals surface area (Å²) in [6.07, 6.45) is 6.84. The summed E-state index contributed by atoms with van der Waals surface area (Å²) in [6, 6.07) is 11.0. The Morgan fingerprint density at radius 1 is 1.21 bits per heavy atom. The lowest BCUT2D eigenvalue weighted by Crippen LogP contribution is -2.39. The molecule has 2 aromatic heterocycles. The molecule has 0 spiro atoms. The van der Waals surface area contributed by atoms with E-state index in [-0.39, 0.29) is 10.8 Å². The van der Waals surface area contributed by atoms with Gasteiger partial charge in [-0.05, 0) is 31.0 Å². The summed E-state index contributed by atoms with van der Waals surface area (Å²) in [6.45, 7) is 0.842. The highest BCUT2D eigenvalue weighted by Crippen LogP contribution is 2.31. The fraction of sp³-hybridized carbons (Fsp3) is 0.333. The highest BCUT2D eigenvalue weighted by molar-refractivity contribution is 7.89. The molecule has 7 nitrogen and oxygen atoms in total. The molecule has 0 aliphatic carbocycles. The van der Waals surface area contributed by atoms with Crippen LogP contribution in [-0.2, 0) is 16.4 Å². The quantitative estimate of drug-likeness (QED) is 0.617. The molecule has 1 aliphatic heterocycles. The number of para-hydroxylation sites is 1. The topological polar surface area (TPSA) is 85.5 Å². The van der Waals surface area contributed by atoms with Crippen molar-refractivity contribution in [1.29, 1.82) is 0 Å². The zero-order chi connectivity index (χ0) is 20.3. The monoisotopic (exact) mass is 413 g/mol. The first-order chi connectivity index (χ1) is 14.1. The number of methoxy groups -OCH3 is 1. The van der Waals surface area contributed by atoms with E-state index in [4.69, 9.17) is 9.15 Å². The molecule has 29 heavy (non-hydrogen) atoms. The summed E-state index contributed by atoms with van der Waals surface area (Å²) in [4.78, 5) is 8.59. The van der Waals surface area contributed by atoms with Crippen LogP contribution in [0, 0.1) is 0 Å². The smallest absolute Gasteiger partial charge is 0.244 e. The number of hydrogen-bond acceptors (Lipinski definition) is 6. The normalized spacial score (nSPS) is 17.9. The van der Waals surface area contributed by atoms with Crippen LogP contribution in [0.25, 0.3) is 0 Å². The van der Waals surface area contributed by atoms with E-state index in [2.05, 4.69) is 9.97 Å². The number of pyridine rings is 1. The van der Waals surface area contributed by atoms with Gasteiger partial charge in [-0.1, -0.05) is 18.2 Å². The molecule has 0 radical (unpaired) electrons. The van der Waals surface area contributed by atoms with Crippen molar-refractivity contribution in [3.63, 3.8) is 0 Å². The molecular weight excluding hydrogens is 390 g/mol. The van der Waals surface area contributed by atoms with Crippen LogP contribution in [-0.4, -0.2) is 42.9 Å². The van der Waals surface area contributed by atoms with Crippen molar-refractivity contribution in [3.05, 3.63) is 72.2 Å². The Balaban J connectivity index is 1.50. The summed E-state index contributed by atoms with van der Waals surface area (Å²) in [7, 11) is -1.93. The Hall–Kier alpha value is -2.71. The summed E-state index contributed by atoms with van der Waals surface area (Å²) >= 11 is 0. The first kappa shape index (κ1) is 19.6. The number of aromatic nitrogens is 2. The van der Waals surface area contributed by atoms with Gasteiger partial charge in [0.2, 0.25) is 10.0 Å². The lowest BCUT2D eigenvalue weighted by atomic mass is 10.00. The van der Waals surface area contributed by atoms with Gasteiger partial charge in [0.15, 0.2) is 5.89 Å². The van der Waals surface area contributed by atoms with Crippen LogP contribution in [0.1, 0.15) is 36.0 Å². The molecule has 3 aromatic rings. The van der Waals surface area contributed by atoms with Crippen LogP contribution in [0.3, 0.4) is 0 Å². The Bertz CT molecular complexity index is 1070. The van der Waals surface area contributed by atoms with Gasteiger partial charge in [0.05, 0.1) is 13.3 Å². The van der Waals surface area contributed by atoms with Crippen LogP contribution in [0.5, 0.6) is 5.75 Å². The molecule has 1 saturated heterocycles. The number of benzene rings is 1. The molecule has 0 unspecified atom stereocenters. The Labute approximate surface area is 170 Å². The van der Waals surface area contributed by atoms with Crippen LogP contribution in [0.4, 0.5) is 0 Å². The van der Waals surface area contributed by atoms with Crippen molar-refractivity contribution in [2.45, 2.75) is 30.1 Å². The molecule has 0 saturated carbocycles. The molecular formula is C21H23N3O4S. The Kier molecular flexibility index (Phi) is 5.64. The standard InChI is InChI=1S/C21H23N3O4S/c1-27-20-9-3-2-6-16(20)12-18-13-23-21(28-18)17-7-5-11-24(15-17)29(25,26)19-8-4-10-22-14-19/h2-4,6,8-10,13-14,17H,5,7,11-12,15H2,1H3/t17-/m1/s1. The van der Waals surface area contributed by atoms with Crippen LogP contribution in [0.15, 0.2) is 64.3 Å². The number of ether oxygens (including phenoxy) is 1. The number of sulfonamides is 1. The number of hydrogen-bond donors (Lipinski definition) is 0. The average molecular weight is 413 g/mol. The fourth-order valence-corrected chi connectivity index (χ4v) is 5.13. The second kappa shape index (κ2) is 8.34. The molecule has 1 aromatic carbocycles. The van der Waals surface area contributed by atoms with Gasteiger partial charge >= 0.3 is 0 Å². The maximum absolute atomic E-state index is 12.9. The Morgan fingerprint density at radius 3 is 2.86 bits per heavy atom. The van der Waals surface area contributed by atoms with Gasteiger partial charge in [0.25, 0.3) is 0 Å². The Morgan fingerprint density at radius 2 is 2.07 bits per heavy atom. The number of piperidine rings is 1. The summed E-state index contributed by atoms with van der Waals surface area (Å²) in [5, 5.41) is 0. The summed E-state index contributed by atoms with van der Waals surface area (Å²) in [5.74, 6) is 2.05. The maximum atomic E-state index is 12.9. The average Bonchev–Trinajstić information content (AvgIpc) is 3.23. The van der Waals surface area contributed by atoms with Crippen LogP contribution >= 0.6 is 0 Å². The maximum Gasteiger partial charge on any atom is 0.244 e. The molecule has 152 valence electrons. The molecule has 0 N–H and O–H groups in total. The van der Waals surface area contributed by atoms with Crippen LogP contribution < -0.4 is 4.74 Å². The molecule has 1 aliphatic rings. The highest BCUT2D eigenvalue weighted by Gasteiger charge is 2.33. The predicted octanol–water partition coefficient (Wildman–Crippen LogP) is 3.24. The zero-order valence-electron chi connectivity index (χ0n) is 16.2.